The van der Waals surface area contributed by atoms with Gasteiger partial charge in [0.2, 0.25) is 11.8 Å². The Labute approximate surface area is 263 Å². The predicted molar refractivity (Wildman–Crippen MR) is 182 cm³/mol. The zero-order chi connectivity index (χ0) is 30.5. The van der Waals surface area contributed by atoms with Crippen molar-refractivity contribution >= 4 is 32.3 Å². The highest BCUT2D eigenvalue weighted by Gasteiger charge is 2.19. The lowest BCUT2D eigenvalue weighted by atomic mass is 9.87. The highest BCUT2D eigenvalue weighted by atomic mass is 16.3. The van der Waals surface area contributed by atoms with Crippen LogP contribution in [-0.2, 0) is 0 Å². The van der Waals surface area contributed by atoms with Crippen LogP contribution in [0.2, 0.25) is 0 Å². The summed E-state index contributed by atoms with van der Waals surface area (Å²) in [5.41, 5.74) is 7.80. The van der Waals surface area contributed by atoms with Gasteiger partial charge in [0.1, 0.15) is 12.5 Å². The molecule has 5 aromatic carbocycles. The third-order valence-electron chi connectivity index (χ3n) is 8.50. The highest BCUT2D eigenvalue weighted by Crippen LogP contribution is 2.44. The van der Waals surface area contributed by atoms with Crippen LogP contribution in [0.25, 0.3) is 88.9 Å². The Morgan fingerprint density at radius 3 is 1.50 bits per heavy atom. The molecule has 0 atom stereocenters. The fourth-order valence-electron chi connectivity index (χ4n) is 6.35. The molecule has 6 heteroatoms. The Kier molecular flexibility index (Phi) is 6.03. The van der Waals surface area contributed by atoms with Gasteiger partial charge in [-0.1, -0.05) is 72.8 Å². The standard InChI is InChI=1S/C40H24N4O2/c1-2-6-26-21-27(10-9-25(26)5-1)28-11-14-33-34(22-28)38(36-16-13-30(24-44-36)40-42-18-20-46-40)32-8-4-3-7-31(32)37(33)35-15-12-29(23-43-35)39-41-17-19-45-39/h1-24H. The second kappa shape index (κ2) is 10.6. The van der Waals surface area contributed by atoms with E-state index in [9.17, 15) is 0 Å². The molecule has 0 N–H and O–H groups in total. The quantitative estimate of drug-likeness (QED) is 0.185. The van der Waals surface area contributed by atoms with Crippen LogP contribution in [0.15, 0.2) is 155 Å². The number of pyridine rings is 2. The van der Waals surface area contributed by atoms with Crippen LogP contribution in [0.1, 0.15) is 0 Å². The molecule has 0 bridgehead atoms. The maximum absolute atomic E-state index is 5.53. The first-order valence-electron chi connectivity index (χ1n) is 15.0. The smallest absolute Gasteiger partial charge is 0.227 e. The van der Waals surface area contributed by atoms with Crippen molar-refractivity contribution in [1.29, 1.82) is 0 Å². The van der Waals surface area contributed by atoms with E-state index in [-0.39, 0.29) is 0 Å². The van der Waals surface area contributed by atoms with E-state index in [1.54, 1.807) is 24.9 Å². The molecule has 46 heavy (non-hydrogen) atoms. The summed E-state index contributed by atoms with van der Waals surface area (Å²) in [4.78, 5) is 18.5. The monoisotopic (exact) mass is 592 g/mol. The van der Waals surface area contributed by atoms with Gasteiger partial charge in [-0.2, -0.15) is 0 Å². The molecule has 0 aliphatic rings. The van der Waals surface area contributed by atoms with Crippen molar-refractivity contribution in [1.82, 2.24) is 19.9 Å². The van der Waals surface area contributed by atoms with Gasteiger partial charge in [0.15, 0.2) is 0 Å². The van der Waals surface area contributed by atoms with Crippen LogP contribution in [0, 0.1) is 0 Å². The molecule has 6 nitrogen and oxygen atoms in total. The average molecular weight is 593 g/mol. The number of oxazole rings is 2. The second-order valence-electron chi connectivity index (χ2n) is 11.2. The van der Waals surface area contributed by atoms with Crippen LogP contribution in [0.3, 0.4) is 0 Å². The van der Waals surface area contributed by atoms with E-state index in [4.69, 9.17) is 18.8 Å². The Hall–Kier alpha value is -6.40. The van der Waals surface area contributed by atoms with Crippen molar-refractivity contribution in [2.75, 3.05) is 0 Å². The van der Waals surface area contributed by atoms with Crippen molar-refractivity contribution < 1.29 is 8.83 Å². The summed E-state index contributed by atoms with van der Waals surface area (Å²) in [6.45, 7) is 0. The molecule has 0 aliphatic carbocycles. The summed E-state index contributed by atoms with van der Waals surface area (Å²) in [5, 5.41) is 6.80. The highest BCUT2D eigenvalue weighted by molar-refractivity contribution is 6.21. The minimum absolute atomic E-state index is 0.543. The Balaban J connectivity index is 1.31. The summed E-state index contributed by atoms with van der Waals surface area (Å²) in [7, 11) is 0. The molecule has 0 saturated heterocycles. The van der Waals surface area contributed by atoms with Gasteiger partial charge in [-0.15, -0.1) is 0 Å². The first-order valence-corrected chi connectivity index (χ1v) is 15.0. The lowest BCUT2D eigenvalue weighted by Crippen LogP contribution is -1.95. The number of hydrogen-bond acceptors (Lipinski definition) is 6. The Bertz CT molecular complexity index is 2500. The minimum atomic E-state index is 0.543. The van der Waals surface area contributed by atoms with Gasteiger partial charge < -0.3 is 8.83 Å². The van der Waals surface area contributed by atoms with E-state index >= 15 is 0 Å². The van der Waals surface area contributed by atoms with E-state index < -0.39 is 0 Å². The molecule has 4 aromatic heterocycles. The topological polar surface area (TPSA) is 77.8 Å². The SMILES string of the molecule is c1ccc2cc(-c3ccc4c(-c5ccc(-c6ncco6)cn5)c5ccccc5c(-c5ccc(-c6ncco6)cn5)c4c3)ccc2c1. The maximum atomic E-state index is 5.53. The summed E-state index contributed by atoms with van der Waals surface area (Å²) in [5.74, 6) is 1.09. The van der Waals surface area contributed by atoms with Gasteiger partial charge in [-0.3, -0.25) is 9.97 Å². The number of rotatable bonds is 5. The number of hydrogen-bond donors (Lipinski definition) is 0. The van der Waals surface area contributed by atoms with Gasteiger partial charge in [-0.25, -0.2) is 9.97 Å². The fraction of sp³-hybridized carbons (Fsp3) is 0. The molecule has 4 heterocycles. The largest absolute Gasteiger partial charge is 0.444 e. The lowest BCUT2D eigenvalue weighted by molar-refractivity contribution is 0.574. The third kappa shape index (κ3) is 4.35. The van der Waals surface area contributed by atoms with Gasteiger partial charge >= 0.3 is 0 Å². The van der Waals surface area contributed by atoms with Gasteiger partial charge in [0.05, 0.1) is 34.9 Å². The van der Waals surface area contributed by atoms with Crippen LogP contribution in [0.4, 0.5) is 0 Å². The molecular formula is C40H24N4O2. The second-order valence-corrected chi connectivity index (χ2v) is 11.2. The number of benzene rings is 5. The normalized spacial score (nSPS) is 11.5. The Morgan fingerprint density at radius 2 is 0.913 bits per heavy atom. The van der Waals surface area contributed by atoms with Crippen LogP contribution >= 0.6 is 0 Å². The van der Waals surface area contributed by atoms with E-state index in [2.05, 4.69) is 94.9 Å². The molecular weight excluding hydrogens is 568 g/mol. The Morgan fingerprint density at radius 1 is 0.391 bits per heavy atom. The van der Waals surface area contributed by atoms with Gasteiger partial charge in [0.25, 0.3) is 0 Å². The lowest BCUT2D eigenvalue weighted by Gasteiger charge is -2.18. The molecule has 0 radical (unpaired) electrons. The number of fused-ring (bicyclic) bond motifs is 3. The summed E-state index contributed by atoms with van der Waals surface area (Å²) >= 11 is 0. The molecule has 9 rings (SSSR count). The van der Waals surface area contributed by atoms with Crippen molar-refractivity contribution in [2.24, 2.45) is 0 Å². The molecule has 0 saturated carbocycles. The number of aromatic nitrogens is 4. The van der Waals surface area contributed by atoms with Crippen LogP contribution < -0.4 is 0 Å². The molecule has 0 spiro atoms. The van der Waals surface area contributed by atoms with Crippen molar-refractivity contribution in [2.45, 2.75) is 0 Å². The van der Waals surface area contributed by atoms with E-state index in [1.165, 1.54) is 10.8 Å². The summed E-state index contributed by atoms with van der Waals surface area (Å²) in [6, 6.07) is 38.4. The van der Waals surface area contributed by atoms with Crippen molar-refractivity contribution in [3.8, 4) is 56.6 Å². The molecule has 0 amide bonds. The molecule has 216 valence electrons. The average Bonchev–Trinajstić information content (AvgIpc) is 3.87. The predicted octanol–water partition coefficient (Wildman–Crippen LogP) is 10.2. The van der Waals surface area contributed by atoms with Crippen molar-refractivity contribution in [3.63, 3.8) is 0 Å². The fourth-order valence-corrected chi connectivity index (χ4v) is 6.35. The van der Waals surface area contributed by atoms with E-state index in [0.717, 1.165) is 66.3 Å². The van der Waals surface area contributed by atoms with Crippen LogP contribution in [-0.4, -0.2) is 19.9 Å². The first kappa shape index (κ1) is 26.0. The number of nitrogens with zero attached hydrogens (tertiary/aromatic N) is 4. The zero-order valence-corrected chi connectivity index (χ0v) is 24.5. The van der Waals surface area contributed by atoms with E-state index in [1.807, 2.05) is 36.7 Å². The molecule has 0 fully saturated rings. The third-order valence-corrected chi connectivity index (χ3v) is 8.50. The van der Waals surface area contributed by atoms with E-state index in [0.29, 0.717) is 11.8 Å². The first-order chi connectivity index (χ1) is 22.8. The minimum Gasteiger partial charge on any atom is -0.444 e. The maximum Gasteiger partial charge on any atom is 0.227 e. The molecule has 0 unspecified atom stereocenters. The van der Waals surface area contributed by atoms with Gasteiger partial charge in [0, 0.05) is 23.5 Å². The summed E-state index contributed by atoms with van der Waals surface area (Å²) < 4.78 is 11.0. The zero-order valence-electron chi connectivity index (χ0n) is 24.5. The molecule has 0 aliphatic heterocycles. The molecule has 9 aromatic rings. The summed E-state index contributed by atoms with van der Waals surface area (Å²) in [6.07, 6.45) is 10.1. The van der Waals surface area contributed by atoms with Crippen LogP contribution in [0.5, 0.6) is 0 Å². The van der Waals surface area contributed by atoms with Gasteiger partial charge in [-0.05, 0) is 79.8 Å². The van der Waals surface area contributed by atoms with Crippen molar-refractivity contribution in [3.05, 3.63) is 147 Å².